The molecule has 8 nitrogen and oxygen atoms in total. The first-order valence-electron chi connectivity index (χ1n) is 10.9. The zero-order valence-electron chi connectivity index (χ0n) is 19.1. The van der Waals surface area contributed by atoms with Gasteiger partial charge in [-0.3, -0.25) is 9.59 Å². The molecule has 9 heteroatoms. The lowest BCUT2D eigenvalue weighted by Crippen LogP contribution is -2.41. The Morgan fingerprint density at radius 3 is 2.29 bits per heavy atom. The summed E-state index contributed by atoms with van der Waals surface area (Å²) < 4.78 is 30.1. The monoisotopic (exact) mass is 453 g/mol. The lowest BCUT2D eigenvalue weighted by molar-refractivity contribution is -0.146. The molecule has 2 unspecified atom stereocenters. The molecule has 2 atom stereocenters. The third-order valence-corrected chi connectivity index (χ3v) is 6.20. The molecule has 1 aliphatic carbocycles. The summed E-state index contributed by atoms with van der Waals surface area (Å²) in [4.78, 5) is 23.8. The van der Waals surface area contributed by atoms with Crippen LogP contribution in [-0.2, 0) is 23.6 Å². The number of hydrogen-bond donors (Lipinski definition) is 1. The summed E-state index contributed by atoms with van der Waals surface area (Å²) in [6.45, 7) is 9.50. The first-order valence-corrected chi connectivity index (χ1v) is 12.0. The van der Waals surface area contributed by atoms with Crippen LogP contribution in [0.5, 0.6) is 5.75 Å². The van der Waals surface area contributed by atoms with E-state index in [2.05, 4.69) is 26.2 Å². The first kappa shape index (κ1) is 25.2. The van der Waals surface area contributed by atoms with Gasteiger partial charge in [0.15, 0.2) is 12.3 Å². The molecule has 1 saturated carbocycles. The molecular formula is C22H34N2O6P+. The van der Waals surface area contributed by atoms with Crippen LogP contribution in [0.15, 0.2) is 18.2 Å². The standard InChI is InChI=1S/C22H34N2O6P/c1-6-28-20(25)13-23-24(14-21(26)29-7-2)31(27)30-22-18(15(3)4)9-8-10-19(22)16(5)17-11-12-17/h8-10,15-17,23H,6-7,11-14H2,1-5H3/q+1. The lowest BCUT2D eigenvalue weighted by atomic mass is 9.90. The van der Waals surface area contributed by atoms with Gasteiger partial charge in [-0.15, -0.1) is 0 Å². The van der Waals surface area contributed by atoms with E-state index in [4.69, 9.17) is 14.0 Å². The molecule has 31 heavy (non-hydrogen) atoms. The number of para-hydroxylation sites is 1. The van der Waals surface area contributed by atoms with E-state index in [1.54, 1.807) is 13.8 Å². The van der Waals surface area contributed by atoms with Gasteiger partial charge in [0.05, 0.1) is 13.2 Å². The Bertz CT molecular complexity index is 781. The maximum atomic E-state index is 13.2. The van der Waals surface area contributed by atoms with Gasteiger partial charge in [0.2, 0.25) is 0 Å². The van der Waals surface area contributed by atoms with Crippen LogP contribution in [0.2, 0.25) is 0 Å². The Morgan fingerprint density at radius 1 is 1.10 bits per heavy atom. The van der Waals surface area contributed by atoms with E-state index in [1.165, 1.54) is 12.8 Å². The Kier molecular flexibility index (Phi) is 9.88. The number of esters is 2. The molecule has 0 saturated heterocycles. The van der Waals surface area contributed by atoms with Crippen molar-refractivity contribution in [3.05, 3.63) is 29.3 Å². The van der Waals surface area contributed by atoms with E-state index in [9.17, 15) is 14.2 Å². The van der Waals surface area contributed by atoms with Gasteiger partial charge in [0.1, 0.15) is 6.54 Å². The number of rotatable bonds is 13. The van der Waals surface area contributed by atoms with Gasteiger partial charge >= 0.3 is 20.1 Å². The number of ether oxygens (including phenoxy) is 2. The zero-order valence-corrected chi connectivity index (χ0v) is 19.9. The van der Waals surface area contributed by atoms with Gasteiger partial charge in [-0.25, -0.2) is 4.52 Å². The molecule has 1 fully saturated rings. The lowest BCUT2D eigenvalue weighted by Gasteiger charge is -2.18. The van der Waals surface area contributed by atoms with Crippen molar-refractivity contribution in [2.24, 2.45) is 5.92 Å². The average Bonchev–Trinajstić information content (AvgIpc) is 3.56. The second kappa shape index (κ2) is 12.1. The van der Waals surface area contributed by atoms with Gasteiger partial charge in [0.25, 0.3) is 0 Å². The maximum absolute atomic E-state index is 13.2. The Balaban J connectivity index is 2.25. The highest BCUT2D eigenvalue weighted by molar-refractivity contribution is 7.36. The summed E-state index contributed by atoms with van der Waals surface area (Å²) in [5.41, 5.74) is 4.66. The first-order chi connectivity index (χ1) is 14.8. The van der Waals surface area contributed by atoms with Crippen LogP contribution in [0.25, 0.3) is 0 Å². The number of hydrogen-bond acceptors (Lipinski definition) is 7. The van der Waals surface area contributed by atoms with Crippen LogP contribution in [0, 0.1) is 5.92 Å². The molecular weight excluding hydrogens is 419 g/mol. The van der Waals surface area contributed by atoms with Crippen LogP contribution in [-0.4, -0.2) is 43.0 Å². The minimum atomic E-state index is -2.52. The quantitative estimate of drug-likeness (QED) is 0.269. The number of hydrazine groups is 1. The van der Waals surface area contributed by atoms with E-state index in [0.29, 0.717) is 11.7 Å². The molecule has 1 aliphatic rings. The van der Waals surface area contributed by atoms with Gasteiger partial charge in [-0.05, 0) is 44.4 Å². The van der Waals surface area contributed by atoms with E-state index in [-0.39, 0.29) is 38.1 Å². The Morgan fingerprint density at radius 2 is 1.71 bits per heavy atom. The molecule has 0 heterocycles. The molecule has 2 rings (SSSR count). The van der Waals surface area contributed by atoms with E-state index < -0.39 is 20.1 Å². The summed E-state index contributed by atoms with van der Waals surface area (Å²) >= 11 is 0. The topological polar surface area (TPSA) is 94.2 Å². The number of nitrogens with zero attached hydrogens (tertiary/aromatic N) is 1. The van der Waals surface area contributed by atoms with E-state index in [0.717, 1.165) is 15.9 Å². The van der Waals surface area contributed by atoms with Crippen LogP contribution in [0.4, 0.5) is 0 Å². The third kappa shape index (κ3) is 7.56. The summed E-state index contributed by atoms with van der Waals surface area (Å²) in [7, 11) is -2.52. The summed E-state index contributed by atoms with van der Waals surface area (Å²) in [6, 6.07) is 5.97. The largest absolute Gasteiger partial charge is 0.682 e. The number of carbonyl (C=O) groups excluding carboxylic acids is 2. The molecule has 0 aromatic heterocycles. The Labute approximate surface area is 185 Å². The summed E-state index contributed by atoms with van der Waals surface area (Å²) in [5, 5.41) is 0. The van der Waals surface area contributed by atoms with Crippen molar-refractivity contribution in [2.75, 3.05) is 26.3 Å². The van der Waals surface area contributed by atoms with E-state index >= 15 is 0 Å². The van der Waals surface area contributed by atoms with Crippen molar-refractivity contribution in [3.8, 4) is 5.75 Å². The molecule has 1 N–H and O–H groups in total. The number of nitrogens with one attached hydrogen (secondary N) is 1. The second-order valence-electron chi connectivity index (χ2n) is 7.88. The highest BCUT2D eigenvalue weighted by Crippen LogP contribution is 2.48. The van der Waals surface area contributed by atoms with Gasteiger partial charge in [-0.1, -0.05) is 39.0 Å². The summed E-state index contributed by atoms with van der Waals surface area (Å²) in [5.74, 6) is 0.531. The molecule has 0 radical (unpaired) electrons. The molecule has 0 bridgehead atoms. The molecule has 0 amide bonds. The molecule has 0 spiro atoms. The van der Waals surface area contributed by atoms with Gasteiger partial charge < -0.3 is 9.47 Å². The normalized spacial score (nSPS) is 15.0. The zero-order chi connectivity index (χ0) is 23.0. The fourth-order valence-electron chi connectivity index (χ4n) is 3.34. The van der Waals surface area contributed by atoms with Crippen molar-refractivity contribution in [1.82, 2.24) is 10.2 Å². The van der Waals surface area contributed by atoms with Crippen LogP contribution >= 0.6 is 8.18 Å². The van der Waals surface area contributed by atoms with Crippen LogP contribution in [0.3, 0.4) is 0 Å². The maximum Gasteiger partial charge on any atom is 0.682 e. The smallest absolute Gasteiger partial charge is 0.465 e. The van der Waals surface area contributed by atoms with Crippen molar-refractivity contribution >= 4 is 20.1 Å². The van der Waals surface area contributed by atoms with Crippen molar-refractivity contribution in [2.45, 2.75) is 59.3 Å². The predicted molar refractivity (Wildman–Crippen MR) is 118 cm³/mol. The van der Waals surface area contributed by atoms with Gasteiger partial charge in [0, 0.05) is 20.5 Å². The molecule has 1 aromatic carbocycles. The minimum absolute atomic E-state index is 0.163. The predicted octanol–water partition coefficient (Wildman–Crippen LogP) is 4.29. The minimum Gasteiger partial charge on any atom is -0.465 e. The van der Waals surface area contributed by atoms with Crippen molar-refractivity contribution < 1.29 is 28.2 Å². The van der Waals surface area contributed by atoms with Gasteiger partial charge in [-0.2, -0.15) is 5.43 Å². The van der Waals surface area contributed by atoms with Crippen LogP contribution < -0.4 is 9.95 Å². The molecule has 1 aromatic rings. The van der Waals surface area contributed by atoms with E-state index in [1.807, 2.05) is 18.2 Å². The third-order valence-electron chi connectivity index (χ3n) is 5.18. The second-order valence-corrected chi connectivity index (χ2v) is 9.02. The SMILES string of the molecule is CCOC(=O)CNN(CC(=O)OCC)[P+](=O)Oc1c(C(C)C)cccc1C(C)C1CC1. The van der Waals surface area contributed by atoms with Crippen molar-refractivity contribution in [1.29, 1.82) is 0 Å². The average molecular weight is 453 g/mol. The molecule has 172 valence electrons. The number of benzene rings is 1. The highest BCUT2D eigenvalue weighted by Gasteiger charge is 2.39. The Hall–Kier alpha value is -2.02. The van der Waals surface area contributed by atoms with Crippen molar-refractivity contribution in [3.63, 3.8) is 0 Å². The molecule has 0 aliphatic heterocycles. The number of carbonyl (C=O) groups is 2. The highest BCUT2D eigenvalue weighted by atomic mass is 31.1. The fraction of sp³-hybridized carbons (Fsp3) is 0.636. The van der Waals surface area contributed by atoms with Crippen LogP contribution in [0.1, 0.15) is 70.4 Å². The summed E-state index contributed by atoms with van der Waals surface area (Å²) in [6.07, 6.45) is 2.35. The fourth-order valence-corrected chi connectivity index (χ4v) is 4.22.